The predicted octanol–water partition coefficient (Wildman–Crippen LogP) is 2.76. The fourth-order valence-electron chi connectivity index (χ4n) is 2.53. The van der Waals surface area contributed by atoms with Crippen LogP contribution in [-0.2, 0) is 25.6 Å². The van der Waals surface area contributed by atoms with Crippen LogP contribution in [0.1, 0.15) is 33.3 Å². The molecule has 9 heteroatoms. The molecular weight excluding hydrogens is 378 g/mol. The second-order valence-corrected chi connectivity index (χ2v) is 7.35. The number of hydrogen-bond acceptors (Lipinski definition) is 6. The zero-order valence-corrected chi connectivity index (χ0v) is 17.4. The van der Waals surface area contributed by atoms with Crippen molar-refractivity contribution in [1.29, 1.82) is 5.41 Å². The second-order valence-electron chi connectivity index (χ2n) is 7.35. The zero-order valence-electron chi connectivity index (χ0n) is 17.4. The number of carboxylic acid groups (broad SMARTS) is 1. The summed E-state index contributed by atoms with van der Waals surface area (Å²) in [4.78, 5) is 42.5. The van der Waals surface area contributed by atoms with E-state index in [1.165, 1.54) is 7.05 Å². The molecule has 0 bridgehead atoms. The Bertz CT molecular complexity index is 720. The minimum absolute atomic E-state index is 0.0233. The van der Waals surface area contributed by atoms with Crippen molar-refractivity contribution in [2.45, 2.75) is 40.2 Å². The van der Waals surface area contributed by atoms with E-state index in [1.807, 2.05) is 13.8 Å². The predicted molar refractivity (Wildman–Crippen MR) is 106 cm³/mol. The molecule has 1 unspecified atom stereocenters. The highest BCUT2D eigenvalue weighted by atomic mass is 16.8. The molecular formula is C20H29N3O6. The van der Waals surface area contributed by atoms with Crippen molar-refractivity contribution in [2.24, 2.45) is 11.8 Å². The summed E-state index contributed by atoms with van der Waals surface area (Å²) < 4.78 is 5.08. The number of likely N-dealkylation sites (N-methyl/N-ethyl adjacent to an activating group) is 1. The molecule has 0 saturated heterocycles. The van der Waals surface area contributed by atoms with Gasteiger partial charge < -0.3 is 19.6 Å². The molecule has 2 N–H and O–H groups in total. The fraction of sp³-hybridized carbons (Fsp3) is 0.500. The second kappa shape index (κ2) is 11.0. The van der Waals surface area contributed by atoms with Gasteiger partial charge >= 0.3 is 18.0 Å². The minimum atomic E-state index is -1.17. The summed E-state index contributed by atoms with van der Waals surface area (Å²) in [6, 6.07) is 7.65. The van der Waals surface area contributed by atoms with Crippen molar-refractivity contribution in [1.82, 2.24) is 9.96 Å². The van der Waals surface area contributed by atoms with Crippen molar-refractivity contribution in [2.75, 3.05) is 13.7 Å². The van der Waals surface area contributed by atoms with Gasteiger partial charge in [0.05, 0.1) is 13.0 Å². The molecule has 0 aliphatic heterocycles. The van der Waals surface area contributed by atoms with E-state index in [0.29, 0.717) is 10.6 Å². The lowest BCUT2D eigenvalue weighted by Crippen LogP contribution is -2.53. The fourth-order valence-corrected chi connectivity index (χ4v) is 2.53. The summed E-state index contributed by atoms with van der Waals surface area (Å²) in [5.74, 6) is -2.91. The number of carbonyl (C=O) groups is 3. The van der Waals surface area contributed by atoms with E-state index < -0.39 is 30.0 Å². The summed E-state index contributed by atoms with van der Waals surface area (Å²) in [5.41, 5.74) is 0.665. The van der Waals surface area contributed by atoms with E-state index in [0.717, 1.165) is 4.90 Å². The number of hydroxylamine groups is 2. The number of guanidine groups is 1. The maximum Gasteiger partial charge on any atom is 0.451 e. The van der Waals surface area contributed by atoms with Crippen LogP contribution in [0.25, 0.3) is 0 Å². The lowest BCUT2D eigenvalue weighted by atomic mass is 10.0. The third-order valence-corrected chi connectivity index (χ3v) is 3.92. The van der Waals surface area contributed by atoms with Crippen LogP contribution >= 0.6 is 0 Å². The van der Waals surface area contributed by atoms with Crippen LogP contribution in [0.2, 0.25) is 0 Å². The Balaban J connectivity index is 3.02. The Morgan fingerprint density at radius 2 is 1.69 bits per heavy atom. The standard InChI is InChI=1S/C20H29N3O6/c1-13(2)12-28-20(27)23(19(21)22(5)17(14(3)4)18(25)26)29-16(24)11-15-9-7-6-8-10-15/h6-10,13-14,17,21H,11-12H2,1-5H3,(H,25,26). The minimum Gasteiger partial charge on any atom is -0.480 e. The highest BCUT2D eigenvalue weighted by molar-refractivity contribution is 5.94. The molecule has 1 aromatic carbocycles. The number of carboxylic acids is 1. The maximum absolute atomic E-state index is 12.5. The maximum atomic E-state index is 12.5. The molecule has 1 atom stereocenters. The van der Waals surface area contributed by atoms with Gasteiger partial charge in [-0.3, -0.25) is 5.41 Å². The van der Waals surface area contributed by atoms with E-state index in [1.54, 1.807) is 44.2 Å². The van der Waals surface area contributed by atoms with E-state index in [2.05, 4.69) is 0 Å². The first kappa shape index (κ1) is 23.9. The molecule has 9 nitrogen and oxygen atoms in total. The molecule has 0 aromatic heterocycles. The molecule has 0 fully saturated rings. The number of nitrogens with zero attached hydrogens (tertiary/aromatic N) is 2. The molecule has 1 amide bonds. The van der Waals surface area contributed by atoms with Crippen molar-refractivity contribution >= 4 is 24.0 Å². The average Bonchev–Trinajstić information content (AvgIpc) is 2.63. The molecule has 0 aliphatic rings. The molecule has 0 radical (unpaired) electrons. The third kappa shape index (κ3) is 7.44. The molecule has 29 heavy (non-hydrogen) atoms. The summed E-state index contributed by atoms with van der Waals surface area (Å²) in [6.07, 6.45) is -1.19. The van der Waals surface area contributed by atoms with Crippen molar-refractivity contribution in [3.8, 4) is 0 Å². The number of benzene rings is 1. The van der Waals surface area contributed by atoms with Gasteiger partial charge in [0.25, 0.3) is 0 Å². The summed E-state index contributed by atoms with van der Waals surface area (Å²) in [6.45, 7) is 7.05. The van der Waals surface area contributed by atoms with Crippen LogP contribution < -0.4 is 0 Å². The first-order valence-corrected chi connectivity index (χ1v) is 9.30. The summed E-state index contributed by atoms with van der Waals surface area (Å²) >= 11 is 0. The van der Waals surface area contributed by atoms with Gasteiger partial charge in [0.2, 0.25) is 5.96 Å². The number of aliphatic carboxylic acids is 1. The van der Waals surface area contributed by atoms with Crippen LogP contribution in [0, 0.1) is 17.2 Å². The average molecular weight is 407 g/mol. The van der Waals surface area contributed by atoms with Gasteiger partial charge in [-0.1, -0.05) is 63.1 Å². The van der Waals surface area contributed by atoms with Gasteiger partial charge in [0.15, 0.2) is 0 Å². The number of ether oxygens (including phenoxy) is 1. The number of nitrogens with one attached hydrogen (secondary N) is 1. The van der Waals surface area contributed by atoms with Crippen LogP contribution in [0.15, 0.2) is 30.3 Å². The van der Waals surface area contributed by atoms with Crippen molar-refractivity contribution in [3.63, 3.8) is 0 Å². The number of amides is 1. The van der Waals surface area contributed by atoms with Gasteiger partial charge in [-0.05, 0) is 17.4 Å². The molecule has 1 rings (SSSR count). The molecule has 160 valence electrons. The molecule has 0 spiro atoms. The molecule has 0 aliphatic carbocycles. The van der Waals surface area contributed by atoms with Crippen LogP contribution in [0.3, 0.4) is 0 Å². The smallest absolute Gasteiger partial charge is 0.451 e. The van der Waals surface area contributed by atoms with Crippen LogP contribution in [0.5, 0.6) is 0 Å². The summed E-state index contributed by atoms with van der Waals surface area (Å²) in [7, 11) is 1.34. The Morgan fingerprint density at radius 3 is 2.17 bits per heavy atom. The van der Waals surface area contributed by atoms with Gasteiger partial charge in [0.1, 0.15) is 6.04 Å². The topological polar surface area (TPSA) is 120 Å². The van der Waals surface area contributed by atoms with E-state index in [-0.39, 0.29) is 24.9 Å². The van der Waals surface area contributed by atoms with Crippen LogP contribution in [-0.4, -0.2) is 58.8 Å². The number of hydrogen-bond donors (Lipinski definition) is 2. The highest BCUT2D eigenvalue weighted by Crippen LogP contribution is 2.14. The highest BCUT2D eigenvalue weighted by Gasteiger charge is 2.35. The van der Waals surface area contributed by atoms with E-state index in [9.17, 15) is 19.5 Å². The van der Waals surface area contributed by atoms with Gasteiger partial charge in [-0.25, -0.2) is 14.4 Å². The van der Waals surface area contributed by atoms with Crippen molar-refractivity contribution in [3.05, 3.63) is 35.9 Å². The SMILES string of the molecule is CC(C)COC(=O)N(OC(=O)Cc1ccccc1)C(=N)N(C)C(C(=O)O)C(C)C. The molecule has 1 aromatic rings. The molecule has 0 saturated carbocycles. The van der Waals surface area contributed by atoms with Gasteiger partial charge in [-0.2, -0.15) is 0 Å². The van der Waals surface area contributed by atoms with Gasteiger partial charge in [0, 0.05) is 7.05 Å². The van der Waals surface area contributed by atoms with E-state index >= 15 is 0 Å². The first-order valence-electron chi connectivity index (χ1n) is 9.30. The monoisotopic (exact) mass is 407 g/mol. The van der Waals surface area contributed by atoms with E-state index in [4.69, 9.17) is 15.0 Å². The Hall–Kier alpha value is -3.10. The third-order valence-electron chi connectivity index (χ3n) is 3.92. The lowest BCUT2D eigenvalue weighted by Gasteiger charge is -2.32. The number of carbonyl (C=O) groups excluding carboxylic acids is 2. The normalized spacial score (nSPS) is 11.7. The summed E-state index contributed by atoms with van der Waals surface area (Å²) in [5, 5.41) is 18.1. The largest absolute Gasteiger partial charge is 0.480 e. The lowest BCUT2D eigenvalue weighted by molar-refractivity contribution is -0.169. The Morgan fingerprint density at radius 1 is 1.10 bits per heavy atom. The zero-order chi connectivity index (χ0) is 22.1. The first-order chi connectivity index (χ1) is 13.5. The Kier molecular flexibility index (Phi) is 9.11. The van der Waals surface area contributed by atoms with Crippen LogP contribution in [0.4, 0.5) is 4.79 Å². The quantitative estimate of drug-likeness (QED) is 0.405. The molecule has 0 heterocycles. The van der Waals surface area contributed by atoms with Gasteiger partial charge in [-0.15, -0.1) is 0 Å². The number of rotatable bonds is 7. The Labute approximate surface area is 170 Å². The van der Waals surface area contributed by atoms with Crippen molar-refractivity contribution < 1.29 is 29.1 Å².